The van der Waals surface area contributed by atoms with Crippen molar-refractivity contribution in [3.63, 3.8) is 0 Å². The molecule has 0 aliphatic carbocycles. The zero-order valence-corrected chi connectivity index (χ0v) is 6.63. The molecule has 0 aliphatic rings. The average Bonchev–Trinajstić information content (AvgIpc) is 1.81. The normalized spacial score (nSPS) is 7.09. The lowest BCUT2D eigenvalue weighted by Crippen LogP contribution is -2.29. The maximum Gasteiger partial charge on any atom is 0.00771 e. The van der Waals surface area contributed by atoms with Gasteiger partial charge in [0.2, 0.25) is 0 Å². The van der Waals surface area contributed by atoms with E-state index in [2.05, 4.69) is 10.6 Å². The first kappa shape index (κ1) is 22.4. The van der Waals surface area contributed by atoms with Crippen molar-refractivity contribution in [1.82, 2.24) is 10.6 Å². The van der Waals surface area contributed by atoms with Crippen LogP contribution < -0.4 is 16.4 Å². The minimum absolute atomic E-state index is 0. The molecule has 0 aromatic carbocycles. The molecule has 0 aromatic heterocycles. The maximum atomic E-state index is 5.23. The Kier molecular flexibility index (Phi) is 46.1. The molecule has 0 rings (SSSR count). The van der Waals surface area contributed by atoms with Crippen molar-refractivity contribution < 1.29 is 14.1 Å². The quantitative estimate of drug-likeness (QED) is 0.482. The van der Waals surface area contributed by atoms with E-state index in [1.54, 1.807) is 0 Å². The second kappa shape index (κ2) is 22.6. The highest BCUT2D eigenvalue weighted by Gasteiger charge is 1.79. The van der Waals surface area contributed by atoms with Crippen LogP contribution in [0, 0.1) is 0 Å². The Morgan fingerprint density at radius 2 is 1.55 bits per heavy atom. The lowest BCUT2D eigenvalue weighted by atomic mass is 10.6. The first-order valence-electron chi connectivity index (χ1n) is 2.97. The van der Waals surface area contributed by atoms with Gasteiger partial charge in [0.25, 0.3) is 0 Å². The van der Waals surface area contributed by atoms with Gasteiger partial charge in [-0.2, -0.15) is 0 Å². The van der Waals surface area contributed by atoms with Crippen LogP contribution in [0.15, 0.2) is 0 Å². The van der Waals surface area contributed by atoms with Crippen molar-refractivity contribution in [2.24, 2.45) is 5.73 Å². The fourth-order valence-electron chi connectivity index (χ4n) is 0.440. The van der Waals surface area contributed by atoms with E-state index in [-0.39, 0.29) is 14.1 Å². The summed E-state index contributed by atoms with van der Waals surface area (Å²) in [5.41, 5.74) is 5.23. The van der Waals surface area contributed by atoms with Crippen LogP contribution in [-0.4, -0.2) is 33.2 Å². The summed E-state index contributed by atoms with van der Waals surface area (Å²) in [6.45, 7) is 3.67. The van der Waals surface area contributed by atoms with Gasteiger partial charge in [-0.3, -0.25) is 14.1 Å². The number of rotatable bonds is 5. The highest BCUT2D eigenvalue weighted by atomic mass is 19.0. The van der Waals surface area contributed by atoms with E-state index >= 15 is 0 Å². The molecule has 0 fully saturated rings. The lowest BCUT2D eigenvalue weighted by Gasteiger charge is -1.99. The second-order valence-electron chi connectivity index (χ2n) is 1.64. The number of hydrogen-bond acceptors (Lipinski definition) is 3. The monoisotopic (exact) mass is 177 g/mol. The zero-order valence-electron chi connectivity index (χ0n) is 6.63. The van der Waals surface area contributed by atoms with Crippen molar-refractivity contribution in [3.8, 4) is 0 Å². The minimum atomic E-state index is 0. The Balaban J connectivity index is -0.0000000817. The summed E-state index contributed by atoms with van der Waals surface area (Å²) in [7, 11) is 1.93. The van der Waals surface area contributed by atoms with Gasteiger partial charge in [0.15, 0.2) is 0 Å². The molecule has 4 N–H and O–H groups in total. The fourth-order valence-corrected chi connectivity index (χ4v) is 0.440. The van der Waals surface area contributed by atoms with E-state index in [1.807, 2.05) is 7.05 Å². The van der Waals surface area contributed by atoms with Crippen LogP contribution in [-0.2, 0) is 0 Å². The van der Waals surface area contributed by atoms with Crippen molar-refractivity contribution in [2.45, 2.75) is 0 Å². The molecule has 74 valence electrons. The van der Waals surface area contributed by atoms with E-state index in [1.165, 1.54) is 0 Å². The highest BCUT2D eigenvalue weighted by molar-refractivity contribution is 4.47. The third-order valence-electron chi connectivity index (χ3n) is 0.873. The molecular weight excluding hydrogens is 159 g/mol. The largest absolute Gasteiger partial charge is 0.329 e. The molecule has 0 amide bonds. The van der Waals surface area contributed by atoms with Crippen LogP contribution in [0.5, 0.6) is 0 Å². The molecule has 0 spiro atoms. The molecule has 11 heavy (non-hydrogen) atoms. The molecule has 0 aromatic rings. The van der Waals surface area contributed by atoms with E-state index in [0.717, 1.165) is 26.2 Å². The summed E-state index contributed by atoms with van der Waals surface area (Å²) in [5, 5.41) is 6.17. The molecule has 0 saturated heterocycles. The Bertz CT molecular complexity index is 42.0. The first-order valence-corrected chi connectivity index (χ1v) is 2.97. The molecule has 0 heterocycles. The smallest absolute Gasteiger partial charge is 0.00771 e. The lowest BCUT2D eigenvalue weighted by molar-refractivity contribution is 0.654. The van der Waals surface area contributed by atoms with Crippen molar-refractivity contribution in [1.29, 1.82) is 0 Å². The summed E-state index contributed by atoms with van der Waals surface area (Å²) in [6, 6.07) is 0. The van der Waals surface area contributed by atoms with Gasteiger partial charge in [-0.15, -0.1) is 0 Å². The van der Waals surface area contributed by atoms with E-state index < -0.39 is 0 Å². The molecule has 6 heteroatoms. The van der Waals surface area contributed by atoms with Gasteiger partial charge in [0.05, 0.1) is 0 Å². The van der Waals surface area contributed by atoms with E-state index in [9.17, 15) is 0 Å². The molecule has 0 saturated carbocycles. The van der Waals surface area contributed by atoms with Gasteiger partial charge in [0, 0.05) is 26.2 Å². The van der Waals surface area contributed by atoms with Gasteiger partial charge in [0.1, 0.15) is 0 Å². The highest BCUT2D eigenvalue weighted by Crippen LogP contribution is 1.53. The van der Waals surface area contributed by atoms with E-state index in [4.69, 9.17) is 5.73 Å². The predicted molar refractivity (Wildman–Crippen MR) is 43.4 cm³/mol. The Morgan fingerprint density at radius 1 is 1.00 bits per heavy atom. The molecule has 0 unspecified atom stereocenters. The summed E-state index contributed by atoms with van der Waals surface area (Å²) in [5.74, 6) is 0. The summed E-state index contributed by atoms with van der Waals surface area (Å²) < 4.78 is 0. The number of nitrogens with two attached hydrogens (primary N) is 1. The van der Waals surface area contributed by atoms with Crippen LogP contribution >= 0.6 is 0 Å². The van der Waals surface area contributed by atoms with Gasteiger partial charge in [-0.25, -0.2) is 0 Å². The van der Waals surface area contributed by atoms with Crippen LogP contribution in [0.2, 0.25) is 0 Å². The number of hydrogen-bond donors (Lipinski definition) is 3. The van der Waals surface area contributed by atoms with Crippen molar-refractivity contribution in [2.75, 3.05) is 33.2 Å². The average molecular weight is 177 g/mol. The van der Waals surface area contributed by atoms with Gasteiger partial charge >= 0.3 is 0 Å². The number of nitrogens with one attached hydrogen (secondary N) is 2. The van der Waals surface area contributed by atoms with Gasteiger partial charge in [-0.1, -0.05) is 0 Å². The van der Waals surface area contributed by atoms with Crippen LogP contribution in [0.1, 0.15) is 0 Å². The summed E-state index contributed by atoms with van der Waals surface area (Å²) in [6.07, 6.45) is 0. The second-order valence-corrected chi connectivity index (χ2v) is 1.64. The van der Waals surface area contributed by atoms with Crippen molar-refractivity contribution in [3.05, 3.63) is 0 Å². The molecule has 3 nitrogen and oxygen atoms in total. The van der Waals surface area contributed by atoms with E-state index in [0.29, 0.717) is 0 Å². The Hall–Kier alpha value is -0.330. The molecule has 0 aliphatic heterocycles. The number of halogens is 3. The maximum absolute atomic E-state index is 5.23. The minimum Gasteiger partial charge on any atom is -0.329 e. The Morgan fingerprint density at radius 3 is 1.91 bits per heavy atom. The SMILES string of the molecule is CNCCNCCN.F.F.F. The summed E-state index contributed by atoms with van der Waals surface area (Å²) in [4.78, 5) is 0. The van der Waals surface area contributed by atoms with Gasteiger partial charge in [-0.05, 0) is 7.05 Å². The van der Waals surface area contributed by atoms with Crippen LogP contribution in [0.25, 0.3) is 0 Å². The molecular formula is C5H18F3N3. The van der Waals surface area contributed by atoms with Crippen LogP contribution in [0.4, 0.5) is 14.1 Å². The fraction of sp³-hybridized carbons (Fsp3) is 1.00. The first-order chi connectivity index (χ1) is 3.91. The third kappa shape index (κ3) is 26.1. The van der Waals surface area contributed by atoms with Gasteiger partial charge < -0.3 is 16.4 Å². The summed E-state index contributed by atoms with van der Waals surface area (Å²) >= 11 is 0. The third-order valence-corrected chi connectivity index (χ3v) is 0.873. The molecule has 0 atom stereocenters. The predicted octanol–water partition coefficient (Wildman–Crippen LogP) is -0.788. The topological polar surface area (TPSA) is 50.1 Å². The van der Waals surface area contributed by atoms with Crippen molar-refractivity contribution >= 4 is 0 Å². The molecule has 0 bridgehead atoms. The molecule has 0 radical (unpaired) electrons. The Labute approximate surface area is 64.8 Å². The number of likely N-dealkylation sites (N-methyl/N-ethyl adjacent to an activating group) is 1. The standard InChI is InChI=1S/C5H15N3.3FH/c1-7-4-5-8-3-2-6;;;/h7-8H,2-6H2,1H3;3*1H. The zero-order chi connectivity index (χ0) is 6.24. The van der Waals surface area contributed by atoms with Crippen LogP contribution in [0.3, 0.4) is 0 Å².